The number of rotatable bonds is 4. The summed E-state index contributed by atoms with van der Waals surface area (Å²) in [6, 6.07) is 5.91. The van der Waals surface area contributed by atoms with Crippen LogP contribution in [0.5, 0.6) is 0 Å². The van der Waals surface area contributed by atoms with Crippen LogP contribution in [-0.2, 0) is 6.42 Å². The molecule has 6 N–H and O–H groups in total. The van der Waals surface area contributed by atoms with Crippen LogP contribution < -0.4 is 16.5 Å². The summed E-state index contributed by atoms with van der Waals surface area (Å²) in [5, 5.41) is 17.7. The van der Waals surface area contributed by atoms with Crippen LogP contribution in [0.1, 0.15) is 23.7 Å². The molecule has 2 heterocycles. The number of hydrogen-bond acceptors (Lipinski definition) is 5. The Kier molecular flexibility index (Phi) is 3.46. The van der Waals surface area contributed by atoms with Crippen LogP contribution in [0, 0.1) is 0 Å². The third-order valence-electron chi connectivity index (χ3n) is 3.68. The highest BCUT2D eigenvalue weighted by Crippen LogP contribution is 2.23. The van der Waals surface area contributed by atoms with E-state index in [0.29, 0.717) is 22.9 Å². The van der Waals surface area contributed by atoms with Crippen LogP contribution in [0.2, 0.25) is 0 Å². The van der Waals surface area contributed by atoms with Crippen molar-refractivity contribution in [2.24, 2.45) is 0 Å². The standard InChI is InChI=1S/C15H17N7/c1-3-10-9-5-4-8(6-11(9)22-21-10)13(16)12-14(17)19-7-20-15(12)18-2/h4-7,16H,3H2,1-2H3,(H,21,22)(H3,17,18,19,20)/p+1. The highest BCUT2D eigenvalue weighted by Gasteiger charge is 2.20. The fourth-order valence-corrected chi connectivity index (χ4v) is 2.50. The van der Waals surface area contributed by atoms with E-state index in [4.69, 9.17) is 11.1 Å². The molecule has 112 valence electrons. The van der Waals surface area contributed by atoms with Crippen LogP contribution >= 0.6 is 0 Å². The molecule has 1 aromatic carbocycles. The molecule has 0 aliphatic heterocycles. The minimum atomic E-state index is 0.341. The molecule has 0 aliphatic carbocycles. The molecule has 0 saturated carbocycles. The third kappa shape index (κ3) is 2.16. The Balaban J connectivity index is 2.10. The summed E-state index contributed by atoms with van der Waals surface area (Å²) < 4.78 is 0. The van der Waals surface area contributed by atoms with Gasteiger partial charge in [-0.2, -0.15) is 5.10 Å². The third-order valence-corrected chi connectivity index (χ3v) is 3.68. The van der Waals surface area contributed by atoms with E-state index >= 15 is 0 Å². The van der Waals surface area contributed by atoms with Gasteiger partial charge in [0.15, 0.2) is 0 Å². The topological polar surface area (TPSA) is 118 Å². The molecular formula is C15H18N7+. The molecule has 0 bridgehead atoms. The van der Waals surface area contributed by atoms with E-state index in [2.05, 4.69) is 32.4 Å². The molecule has 7 heteroatoms. The molecule has 3 rings (SSSR count). The van der Waals surface area contributed by atoms with Crippen molar-refractivity contribution in [1.29, 1.82) is 0 Å². The molecular weight excluding hydrogens is 278 g/mol. The van der Waals surface area contributed by atoms with E-state index in [1.54, 1.807) is 7.05 Å². The summed E-state index contributed by atoms with van der Waals surface area (Å²) in [6.45, 7) is 2.09. The second kappa shape index (κ2) is 5.44. The first-order valence-corrected chi connectivity index (χ1v) is 7.04. The average molecular weight is 296 g/mol. The van der Waals surface area contributed by atoms with Gasteiger partial charge in [-0.1, -0.05) is 13.0 Å². The van der Waals surface area contributed by atoms with Crippen molar-refractivity contribution in [2.45, 2.75) is 13.3 Å². The minimum Gasteiger partial charge on any atom is -0.383 e. The molecule has 7 nitrogen and oxygen atoms in total. The van der Waals surface area contributed by atoms with Crippen LogP contribution in [0.3, 0.4) is 0 Å². The van der Waals surface area contributed by atoms with E-state index in [9.17, 15) is 0 Å². The summed E-state index contributed by atoms with van der Waals surface area (Å²) in [4.78, 5) is 8.18. The predicted octanol–water partition coefficient (Wildman–Crippen LogP) is 0.136. The number of nitrogens with zero attached hydrogens (tertiary/aromatic N) is 3. The van der Waals surface area contributed by atoms with Gasteiger partial charge < -0.3 is 11.1 Å². The van der Waals surface area contributed by atoms with Crippen LogP contribution in [0.25, 0.3) is 10.9 Å². The number of aromatic nitrogens is 4. The summed E-state index contributed by atoms with van der Waals surface area (Å²) in [5.74, 6) is 0.939. The Morgan fingerprint density at radius 1 is 1.36 bits per heavy atom. The van der Waals surface area contributed by atoms with Crippen molar-refractivity contribution >= 4 is 28.3 Å². The fraction of sp³-hybridized carbons (Fsp3) is 0.200. The molecule has 22 heavy (non-hydrogen) atoms. The van der Waals surface area contributed by atoms with Crippen molar-refractivity contribution in [3.63, 3.8) is 0 Å². The number of aryl methyl sites for hydroxylation is 1. The molecule has 0 saturated heterocycles. The van der Waals surface area contributed by atoms with Gasteiger partial charge >= 0.3 is 0 Å². The minimum absolute atomic E-state index is 0.341. The lowest BCUT2D eigenvalue weighted by atomic mass is 10.0. The van der Waals surface area contributed by atoms with E-state index in [0.717, 1.165) is 28.6 Å². The molecule has 0 atom stereocenters. The van der Waals surface area contributed by atoms with Crippen molar-refractivity contribution < 1.29 is 5.41 Å². The molecule has 2 aromatic heterocycles. The lowest BCUT2D eigenvalue weighted by Gasteiger charge is -2.08. The lowest BCUT2D eigenvalue weighted by molar-refractivity contribution is -0.111. The smallest absolute Gasteiger partial charge is 0.218 e. The Labute approximate surface area is 127 Å². The normalized spacial score (nSPS) is 10.8. The van der Waals surface area contributed by atoms with Crippen molar-refractivity contribution in [1.82, 2.24) is 20.2 Å². The zero-order valence-corrected chi connectivity index (χ0v) is 12.5. The number of nitrogen functional groups attached to an aromatic ring is 1. The van der Waals surface area contributed by atoms with Gasteiger partial charge in [0.05, 0.1) is 5.52 Å². The maximum absolute atomic E-state index is 6.30. The molecule has 0 amide bonds. The maximum atomic E-state index is 6.30. The van der Waals surface area contributed by atoms with Gasteiger partial charge in [-0.05, 0) is 18.6 Å². The van der Waals surface area contributed by atoms with Gasteiger partial charge in [0.2, 0.25) is 5.71 Å². The first-order valence-electron chi connectivity index (χ1n) is 7.04. The van der Waals surface area contributed by atoms with E-state index < -0.39 is 0 Å². The highest BCUT2D eigenvalue weighted by atomic mass is 15.1. The first-order chi connectivity index (χ1) is 10.7. The van der Waals surface area contributed by atoms with Crippen LogP contribution in [0.4, 0.5) is 11.6 Å². The summed E-state index contributed by atoms with van der Waals surface area (Å²) in [6.07, 6.45) is 2.31. The average Bonchev–Trinajstić information content (AvgIpc) is 2.96. The number of anilines is 2. The van der Waals surface area contributed by atoms with E-state index in [1.807, 2.05) is 18.2 Å². The SMILES string of the molecule is CCc1[nH]nc2cc(C(=[NH2+])c3c(N)ncnc3NC)ccc12. The van der Waals surface area contributed by atoms with E-state index in [-0.39, 0.29) is 0 Å². The van der Waals surface area contributed by atoms with Gasteiger partial charge in [0.25, 0.3) is 0 Å². The van der Waals surface area contributed by atoms with Gasteiger partial charge in [-0.3, -0.25) is 10.5 Å². The molecule has 0 aliphatic rings. The van der Waals surface area contributed by atoms with Gasteiger partial charge in [-0.25, -0.2) is 9.97 Å². The quantitative estimate of drug-likeness (QED) is 0.511. The number of hydrogen-bond donors (Lipinski definition) is 4. The number of nitrogens with one attached hydrogen (secondary N) is 2. The largest absolute Gasteiger partial charge is 0.383 e. The van der Waals surface area contributed by atoms with Crippen molar-refractivity contribution in [2.75, 3.05) is 18.1 Å². The Morgan fingerprint density at radius 2 is 2.18 bits per heavy atom. The monoisotopic (exact) mass is 296 g/mol. The second-order valence-corrected chi connectivity index (χ2v) is 4.93. The number of nitrogens with two attached hydrogens (primary N) is 2. The molecule has 0 radical (unpaired) electrons. The maximum Gasteiger partial charge on any atom is 0.218 e. The number of H-pyrrole nitrogens is 1. The van der Waals surface area contributed by atoms with Crippen molar-refractivity contribution in [3.05, 3.63) is 41.3 Å². The molecule has 0 spiro atoms. The van der Waals surface area contributed by atoms with E-state index in [1.165, 1.54) is 6.33 Å². The van der Waals surface area contributed by atoms with Gasteiger partial charge in [0, 0.05) is 23.7 Å². The Bertz CT molecular complexity index is 850. The molecule has 3 aromatic rings. The van der Waals surface area contributed by atoms with Gasteiger partial charge in [0.1, 0.15) is 23.5 Å². The fourth-order valence-electron chi connectivity index (χ4n) is 2.50. The van der Waals surface area contributed by atoms with Crippen molar-refractivity contribution in [3.8, 4) is 0 Å². The first kappa shape index (κ1) is 14.0. The highest BCUT2D eigenvalue weighted by molar-refractivity contribution is 6.15. The predicted molar refractivity (Wildman–Crippen MR) is 86.6 cm³/mol. The molecule has 0 fully saturated rings. The number of aromatic amines is 1. The summed E-state index contributed by atoms with van der Waals surface area (Å²) in [7, 11) is 1.77. The van der Waals surface area contributed by atoms with Crippen LogP contribution in [0.15, 0.2) is 24.5 Å². The zero-order valence-electron chi connectivity index (χ0n) is 12.5. The molecule has 0 unspecified atom stereocenters. The summed E-state index contributed by atoms with van der Waals surface area (Å²) in [5.41, 5.74) is 9.90. The second-order valence-electron chi connectivity index (χ2n) is 4.93. The number of benzene rings is 1. The lowest BCUT2D eigenvalue weighted by Crippen LogP contribution is -2.42. The zero-order chi connectivity index (χ0) is 15.7. The van der Waals surface area contributed by atoms with Crippen LogP contribution in [-0.4, -0.2) is 32.9 Å². The Morgan fingerprint density at radius 3 is 2.91 bits per heavy atom. The Hall–Kier alpha value is -2.96. The summed E-state index contributed by atoms with van der Waals surface area (Å²) >= 11 is 0. The van der Waals surface area contributed by atoms with Gasteiger partial charge in [-0.15, -0.1) is 0 Å². The number of fused-ring (bicyclic) bond motifs is 1.